The van der Waals surface area contributed by atoms with Crippen molar-refractivity contribution in [2.45, 2.75) is 25.8 Å². The average Bonchev–Trinajstić information content (AvgIpc) is 3.09. The maximum Gasteiger partial charge on any atom is 0.234 e. The van der Waals surface area contributed by atoms with Crippen LogP contribution in [0.25, 0.3) is 4.96 Å². The van der Waals surface area contributed by atoms with E-state index in [0.29, 0.717) is 12.6 Å². The van der Waals surface area contributed by atoms with Crippen LogP contribution in [0.5, 0.6) is 0 Å². The van der Waals surface area contributed by atoms with E-state index in [2.05, 4.69) is 25.2 Å². The molecule has 0 unspecified atom stereocenters. The number of piperazine rings is 1. The molecule has 2 aromatic rings. The van der Waals surface area contributed by atoms with E-state index < -0.39 is 0 Å². The first-order valence-electron chi connectivity index (χ1n) is 7.77. The summed E-state index contributed by atoms with van der Waals surface area (Å²) in [5.74, 6) is 0.166. The lowest BCUT2D eigenvalue weighted by Gasteiger charge is -2.33. The van der Waals surface area contributed by atoms with Gasteiger partial charge in [-0.05, 0) is 19.8 Å². The lowest BCUT2D eigenvalue weighted by molar-refractivity contribution is -0.122. The summed E-state index contributed by atoms with van der Waals surface area (Å²) >= 11 is 1.63. The van der Waals surface area contributed by atoms with E-state index >= 15 is 0 Å². The summed E-state index contributed by atoms with van der Waals surface area (Å²) in [5, 5.41) is 8.66. The summed E-state index contributed by atoms with van der Waals surface area (Å²) in [6, 6.07) is 0.448. The van der Waals surface area contributed by atoms with Gasteiger partial charge in [-0.15, -0.1) is 5.10 Å². The zero-order valence-corrected chi connectivity index (χ0v) is 13.5. The van der Waals surface area contributed by atoms with Crippen molar-refractivity contribution in [3.8, 4) is 0 Å². The molecule has 3 heterocycles. The Hall–Kier alpha value is -1.67. The standard InChI is InChI=1S/C14H20N6OS/c1-10-8-20-13(15-10)22-14(17-20)19-6-4-18(5-7-19)9-12(21)16-11-2-3-11/h8,11H,2-7,9H2,1H3,(H,16,21). The van der Waals surface area contributed by atoms with Gasteiger partial charge in [0.2, 0.25) is 16.0 Å². The molecule has 22 heavy (non-hydrogen) atoms. The number of carbonyl (C=O) groups excluding carboxylic acids is 1. The summed E-state index contributed by atoms with van der Waals surface area (Å²) in [6.45, 7) is 6.12. The first-order valence-corrected chi connectivity index (χ1v) is 8.58. The van der Waals surface area contributed by atoms with Crippen molar-refractivity contribution in [2.75, 3.05) is 37.6 Å². The van der Waals surface area contributed by atoms with Crippen LogP contribution in [0.2, 0.25) is 0 Å². The topological polar surface area (TPSA) is 65.8 Å². The third kappa shape index (κ3) is 2.93. The second-order valence-electron chi connectivity index (χ2n) is 6.10. The molecular formula is C14H20N6OS. The van der Waals surface area contributed by atoms with E-state index in [4.69, 9.17) is 0 Å². The number of imidazole rings is 1. The van der Waals surface area contributed by atoms with Gasteiger partial charge in [-0.3, -0.25) is 9.69 Å². The molecule has 2 aliphatic rings. The maximum atomic E-state index is 11.8. The zero-order valence-electron chi connectivity index (χ0n) is 12.7. The minimum Gasteiger partial charge on any atom is -0.352 e. The van der Waals surface area contributed by atoms with Crippen molar-refractivity contribution in [2.24, 2.45) is 0 Å². The number of rotatable bonds is 4. The van der Waals surface area contributed by atoms with Crippen LogP contribution in [-0.4, -0.2) is 64.2 Å². The Morgan fingerprint density at radius 2 is 2.14 bits per heavy atom. The van der Waals surface area contributed by atoms with Crippen LogP contribution in [0.1, 0.15) is 18.5 Å². The Balaban J connectivity index is 1.32. The Labute approximate surface area is 132 Å². The van der Waals surface area contributed by atoms with E-state index in [1.165, 1.54) is 0 Å². The van der Waals surface area contributed by atoms with E-state index in [1.54, 1.807) is 11.3 Å². The number of hydrogen-bond donors (Lipinski definition) is 1. The minimum atomic E-state index is 0.166. The van der Waals surface area contributed by atoms with Gasteiger partial charge in [0.1, 0.15) is 0 Å². The molecular weight excluding hydrogens is 300 g/mol. The normalized spacial score (nSPS) is 19.8. The van der Waals surface area contributed by atoms with E-state index in [9.17, 15) is 4.79 Å². The second kappa shape index (κ2) is 5.51. The Bertz CT molecular complexity index is 651. The fourth-order valence-corrected chi connectivity index (χ4v) is 3.71. The Kier molecular flexibility index (Phi) is 3.50. The van der Waals surface area contributed by atoms with Gasteiger partial charge in [-0.2, -0.15) is 0 Å². The summed E-state index contributed by atoms with van der Waals surface area (Å²) in [6.07, 6.45) is 4.24. The van der Waals surface area contributed by atoms with E-state index in [1.807, 2.05) is 17.6 Å². The smallest absolute Gasteiger partial charge is 0.234 e. The highest BCUT2D eigenvalue weighted by Crippen LogP contribution is 2.24. The molecule has 1 saturated heterocycles. The monoisotopic (exact) mass is 320 g/mol. The molecule has 1 aliphatic heterocycles. The quantitative estimate of drug-likeness (QED) is 0.889. The molecule has 0 radical (unpaired) electrons. The number of aryl methyl sites for hydroxylation is 1. The van der Waals surface area contributed by atoms with Gasteiger partial charge >= 0.3 is 0 Å². The van der Waals surface area contributed by atoms with Gasteiger partial charge in [0.15, 0.2) is 0 Å². The molecule has 2 aromatic heterocycles. The highest BCUT2D eigenvalue weighted by molar-refractivity contribution is 7.20. The molecule has 1 aliphatic carbocycles. The summed E-state index contributed by atoms with van der Waals surface area (Å²) in [5.41, 5.74) is 0.997. The van der Waals surface area contributed by atoms with Crippen molar-refractivity contribution in [3.05, 3.63) is 11.9 Å². The largest absolute Gasteiger partial charge is 0.352 e. The van der Waals surface area contributed by atoms with Gasteiger partial charge in [0.05, 0.1) is 18.4 Å². The van der Waals surface area contributed by atoms with Crippen molar-refractivity contribution < 1.29 is 4.79 Å². The van der Waals surface area contributed by atoms with Crippen LogP contribution in [0.15, 0.2) is 6.20 Å². The number of anilines is 1. The molecule has 1 amide bonds. The first-order chi connectivity index (χ1) is 10.7. The van der Waals surface area contributed by atoms with Gasteiger partial charge in [0, 0.05) is 32.2 Å². The van der Waals surface area contributed by atoms with E-state index in [0.717, 1.165) is 54.8 Å². The van der Waals surface area contributed by atoms with Crippen LogP contribution < -0.4 is 10.2 Å². The second-order valence-corrected chi connectivity index (χ2v) is 7.03. The van der Waals surface area contributed by atoms with Crippen molar-refractivity contribution in [3.63, 3.8) is 0 Å². The summed E-state index contributed by atoms with van der Waals surface area (Å²) in [4.78, 5) is 21.7. The summed E-state index contributed by atoms with van der Waals surface area (Å²) in [7, 11) is 0. The molecule has 118 valence electrons. The predicted octanol–water partition coefficient (Wildman–Crippen LogP) is 0.500. The van der Waals surface area contributed by atoms with Crippen LogP contribution in [0.3, 0.4) is 0 Å². The Morgan fingerprint density at radius 1 is 1.36 bits per heavy atom. The van der Waals surface area contributed by atoms with Crippen molar-refractivity contribution >= 4 is 27.3 Å². The van der Waals surface area contributed by atoms with Crippen molar-refractivity contribution in [1.29, 1.82) is 0 Å². The molecule has 4 rings (SSSR count). The number of aromatic nitrogens is 3. The number of amides is 1. The predicted molar refractivity (Wildman–Crippen MR) is 85.4 cm³/mol. The van der Waals surface area contributed by atoms with Crippen LogP contribution in [-0.2, 0) is 4.79 Å². The molecule has 0 bridgehead atoms. The van der Waals surface area contributed by atoms with Gasteiger partial charge in [0.25, 0.3) is 0 Å². The number of hydrogen-bond acceptors (Lipinski definition) is 6. The fourth-order valence-electron chi connectivity index (χ4n) is 2.73. The minimum absolute atomic E-state index is 0.166. The van der Waals surface area contributed by atoms with Crippen LogP contribution >= 0.6 is 11.3 Å². The van der Waals surface area contributed by atoms with Gasteiger partial charge in [-0.1, -0.05) is 11.3 Å². The van der Waals surface area contributed by atoms with E-state index in [-0.39, 0.29) is 5.91 Å². The number of nitrogens with one attached hydrogen (secondary N) is 1. The highest BCUT2D eigenvalue weighted by atomic mass is 32.1. The van der Waals surface area contributed by atoms with Crippen LogP contribution in [0, 0.1) is 6.92 Å². The highest BCUT2D eigenvalue weighted by Gasteiger charge is 2.26. The molecule has 7 nitrogen and oxygen atoms in total. The number of carbonyl (C=O) groups is 1. The molecule has 0 aromatic carbocycles. The molecule has 1 saturated carbocycles. The van der Waals surface area contributed by atoms with Crippen LogP contribution in [0.4, 0.5) is 5.13 Å². The third-order valence-electron chi connectivity index (χ3n) is 4.11. The molecule has 0 spiro atoms. The lowest BCUT2D eigenvalue weighted by atomic mass is 10.3. The fraction of sp³-hybridized carbons (Fsp3) is 0.643. The number of nitrogens with zero attached hydrogens (tertiary/aromatic N) is 5. The average molecular weight is 320 g/mol. The van der Waals surface area contributed by atoms with Gasteiger partial charge < -0.3 is 10.2 Å². The maximum absolute atomic E-state index is 11.8. The molecule has 0 atom stereocenters. The first kappa shape index (κ1) is 14.0. The molecule has 2 fully saturated rings. The Morgan fingerprint density at radius 3 is 2.82 bits per heavy atom. The van der Waals surface area contributed by atoms with Crippen molar-refractivity contribution in [1.82, 2.24) is 24.8 Å². The SMILES string of the molecule is Cc1cn2nc(N3CCN(CC(=O)NC4CC4)CC3)sc2n1. The lowest BCUT2D eigenvalue weighted by Crippen LogP contribution is -2.49. The number of fused-ring (bicyclic) bond motifs is 1. The third-order valence-corrected chi connectivity index (χ3v) is 5.09. The van der Waals surface area contributed by atoms with Gasteiger partial charge in [-0.25, -0.2) is 9.50 Å². The summed E-state index contributed by atoms with van der Waals surface area (Å²) < 4.78 is 1.85. The zero-order chi connectivity index (χ0) is 15.1. The molecule has 8 heteroatoms. The molecule has 1 N–H and O–H groups in total.